The molecule has 0 saturated carbocycles. The van der Waals surface area contributed by atoms with Crippen LogP contribution in [0.1, 0.15) is 40.9 Å². The van der Waals surface area contributed by atoms with Crippen LogP contribution in [0, 0.1) is 12.7 Å². The van der Waals surface area contributed by atoms with Crippen LogP contribution < -0.4 is 16.4 Å². The van der Waals surface area contributed by atoms with Crippen molar-refractivity contribution in [2.75, 3.05) is 5.32 Å². The predicted molar refractivity (Wildman–Crippen MR) is 95.9 cm³/mol. The second kappa shape index (κ2) is 8.24. The van der Waals surface area contributed by atoms with E-state index in [1.807, 2.05) is 6.07 Å². The highest BCUT2D eigenvalue weighted by Gasteiger charge is 2.19. The predicted octanol–water partition coefficient (Wildman–Crippen LogP) is 2.44. The van der Waals surface area contributed by atoms with Gasteiger partial charge in [-0.3, -0.25) is 14.4 Å². The molecule has 0 aliphatic rings. The molecule has 0 fully saturated rings. The number of benzene rings is 2. The molecule has 0 spiro atoms. The largest absolute Gasteiger partial charge is 0.366 e. The Morgan fingerprint density at radius 2 is 1.81 bits per heavy atom. The lowest BCUT2D eigenvalue weighted by molar-refractivity contribution is -0.120. The maximum absolute atomic E-state index is 13.9. The number of hydrogen-bond donors (Lipinski definition) is 3. The molecule has 136 valence electrons. The van der Waals surface area contributed by atoms with Gasteiger partial charge in [-0.2, -0.15) is 0 Å². The van der Waals surface area contributed by atoms with Crippen molar-refractivity contribution < 1.29 is 18.8 Å². The summed E-state index contributed by atoms with van der Waals surface area (Å²) >= 11 is 0. The van der Waals surface area contributed by atoms with Crippen LogP contribution in [0.4, 0.5) is 10.1 Å². The number of nitrogens with one attached hydrogen (secondary N) is 2. The van der Waals surface area contributed by atoms with Gasteiger partial charge >= 0.3 is 0 Å². The Labute approximate surface area is 150 Å². The van der Waals surface area contributed by atoms with Crippen molar-refractivity contribution in [3.63, 3.8) is 0 Å². The van der Waals surface area contributed by atoms with Crippen LogP contribution >= 0.6 is 0 Å². The molecule has 3 amide bonds. The molecule has 1 atom stereocenters. The lowest BCUT2D eigenvalue weighted by atomic mass is 10.0. The molecule has 2 aromatic rings. The van der Waals surface area contributed by atoms with E-state index in [1.54, 1.807) is 24.3 Å². The van der Waals surface area contributed by atoms with Gasteiger partial charge < -0.3 is 16.4 Å². The zero-order valence-electron chi connectivity index (χ0n) is 14.5. The van der Waals surface area contributed by atoms with Gasteiger partial charge in [0.05, 0.1) is 12.5 Å². The summed E-state index contributed by atoms with van der Waals surface area (Å²) in [5.41, 5.74) is 6.27. The molecule has 0 heterocycles. The van der Waals surface area contributed by atoms with E-state index >= 15 is 0 Å². The van der Waals surface area contributed by atoms with Crippen LogP contribution in [-0.4, -0.2) is 17.7 Å². The summed E-state index contributed by atoms with van der Waals surface area (Å²) in [6.07, 6.45) is -0.0501. The molecule has 6 nitrogen and oxygen atoms in total. The number of hydrogen-bond acceptors (Lipinski definition) is 3. The van der Waals surface area contributed by atoms with E-state index in [0.29, 0.717) is 0 Å². The van der Waals surface area contributed by atoms with Gasteiger partial charge in [-0.05, 0) is 24.6 Å². The molecule has 2 rings (SSSR count). The van der Waals surface area contributed by atoms with Crippen molar-refractivity contribution in [1.29, 1.82) is 0 Å². The molecule has 26 heavy (non-hydrogen) atoms. The zero-order chi connectivity index (χ0) is 19.3. The molecule has 0 radical (unpaired) electrons. The van der Waals surface area contributed by atoms with Crippen LogP contribution in [0.5, 0.6) is 0 Å². The van der Waals surface area contributed by atoms with Gasteiger partial charge in [0.1, 0.15) is 5.82 Å². The molecule has 0 aromatic heterocycles. The summed E-state index contributed by atoms with van der Waals surface area (Å²) < 4.78 is 13.9. The molecule has 0 aliphatic carbocycles. The highest BCUT2D eigenvalue weighted by Crippen LogP contribution is 2.23. The van der Waals surface area contributed by atoms with E-state index in [2.05, 4.69) is 10.6 Å². The Hall–Kier alpha value is -3.22. The molecular formula is C19H20FN3O3. The Balaban J connectivity index is 2.20. The second-order valence-corrected chi connectivity index (χ2v) is 5.91. The standard InChI is InChI=1S/C19H20FN3O3/c1-11-15(20)8-14(19(21)26)9-16(11)23-18(25)10-17(22-12(2)24)13-6-4-3-5-7-13/h3-9,17H,10H2,1-2H3,(H2,21,26)(H,22,24)(H,23,25). The van der Waals surface area contributed by atoms with Crippen molar-refractivity contribution in [1.82, 2.24) is 5.32 Å². The number of carbonyl (C=O) groups excluding carboxylic acids is 3. The normalized spacial score (nSPS) is 11.5. The van der Waals surface area contributed by atoms with Gasteiger partial charge in [-0.1, -0.05) is 30.3 Å². The Kier molecular flexibility index (Phi) is 6.06. The summed E-state index contributed by atoms with van der Waals surface area (Å²) in [7, 11) is 0. The number of carbonyl (C=O) groups is 3. The van der Waals surface area contributed by atoms with Gasteiger partial charge in [0.15, 0.2) is 0 Å². The van der Waals surface area contributed by atoms with Crippen LogP contribution in [0.25, 0.3) is 0 Å². The van der Waals surface area contributed by atoms with E-state index in [9.17, 15) is 18.8 Å². The number of amides is 3. The smallest absolute Gasteiger partial charge is 0.248 e. The van der Waals surface area contributed by atoms with Gasteiger partial charge in [0.25, 0.3) is 0 Å². The SMILES string of the molecule is CC(=O)NC(CC(=O)Nc1cc(C(N)=O)cc(F)c1C)c1ccccc1. The van der Waals surface area contributed by atoms with E-state index < -0.39 is 23.7 Å². The number of nitrogens with two attached hydrogens (primary N) is 1. The van der Waals surface area contributed by atoms with Gasteiger partial charge in [-0.15, -0.1) is 0 Å². The maximum atomic E-state index is 13.9. The third-order valence-electron chi connectivity index (χ3n) is 3.87. The third kappa shape index (κ3) is 4.89. The maximum Gasteiger partial charge on any atom is 0.248 e. The molecule has 4 N–H and O–H groups in total. The number of halogens is 1. The topological polar surface area (TPSA) is 101 Å². The second-order valence-electron chi connectivity index (χ2n) is 5.91. The molecule has 0 aliphatic heterocycles. The van der Waals surface area contributed by atoms with Gasteiger partial charge in [-0.25, -0.2) is 4.39 Å². The third-order valence-corrected chi connectivity index (χ3v) is 3.87. The minimum Gasteiger partial charge on any atom is -0.366 e. The Bertz CT molecular complexity index is 837. The van der Waals surface area contributed by atoms with E-state index in [4.69, 9.17) is 5.73 Å². The van der Waals surface area contributed by atoms with Crippen LogP contribution in [0.15, 0.2) is 42.5 Å². The Morgan fingerprint density at radius 3 is 2.38 bits per heavy atom. The fourth-order valence-corrected chi connectivity index (χ4v) is 2.52. The molecule has 1 unspecified atom stereocenters. The summed E-state index contributed by atoms with van der Waals surface area (Å²) in [5.74, 6) is -2.14. The first-order valence-corrected chi connectivity index (χ1v) is 7.99. The van der Waals surface area contributed by atoms with E-state index in [-0.39, 0.29) is 29.1 Å². The van der Waals surface area contributed by atoms with Crippen molar-refractivity contribution in [3.8, 4) is 0 Å². The monoisotopic (exact) mass is 357 g/mol. The van der Waals surface area contributed by atoms with E-state index in [0.717, 1.165) is 11.6 Å². The van der Waals surface area contributed by atoms with Crippen molar-refractivity contribution in [3.05, 3.63) is 65.0 Å². The van der Waals surface area contributed by atoms with Crippen LogP contribution in [-0.2, 0) is 9.59 Å². The molecule has 2 aromatic carbocycles. The van der Waals surface area contributed by atoms with Crippen molar-refractivity contribution >= 4 is 23.4 Å². The quantitative estimate of drug-likeness (QED) is 0.740. The van der Waals surface area contributed by atoms with Gasteiger partial charge in [0, 0.05) is 23.7 Å². The molecular weight excluding hydrogens is 337 g/mol. The Morgan fingerprint density at radius 1 is 1.15 bits per heavy atom. The fraction of sp³-hybridized carbons (Fsp3) is 0.211. The highest BCUT2D eigenvalue weighted by atomic mass is 19.1. The molecule has 0 bridgehead atoms. The number of primary amides is 1. The minimum atomic E-state index is -0.792. The van der Waals surface area contributed by atoms with Crippen molar-refractivity contribution in [2.24, 2.45) is 5.73 Å². The number of anilines is 1. The van der Waals surface area contributed by atoms with E-state index in [1.165, 1.54) is 19.9 Å². The van der Waals surface area contributed by atoms with Crippen molar-refractivity contribution in [2.45, 2.75) is 26.3 Å². The summed E-state index contributed by atoms with van der Waals surface area (Å²) in [5, 5.41) is 5.30. The average Bonchev–Trinajstić information content (AvgIpc) is 2.58. The lowest BCUT2D eigenvalue weighted by Crippen LogP contribution is -2.30. The fourth-order valence-electron chi connectivity index (χ4n) is 2.52. The van der Waals surface area contributed by atoms with Crippen LogP contribution in [0.3, 0.4) is 0 Å². The summed E-state index contributed by atoms with van der Waals surface area (Å²) in [6.45, 7) is 2.85. The van der Waals surface area contributed by atoms with Gasteiger partial charge in [0.2, 0.25) is 17.7 Å². The molecule has 0 saturated heterocycles. The first-order valence-electron chi connectivity index (χ1n) is 7.99. The number of rotatable bonds is 6. The van der Waals surface area contributed by atoms with Crippen LogP contribution in [0.2, 0.25) is 0 Å². The lowest BCUT2D eigenvalue weighted by Gasteiger charge is -2.18. The first-order chi connectivity index (χ1) is 12.3. The minimum absolute atomic E-state index is 0.0372. The highest BCUT2D eigenvalue weighted by molar-refractivity contribution is 5.97. The molecule has 7 heteroatoms. The summed E-state index contributed by atoms with van der Waals surface area (Å²) in [4.78, 5) is 35.1. The summed E-state index contributed by atoms with van der Waals surface area (Å²) in [6, 6.07) is 10.9. The zero-order valence-corrected chi connectivity index (χ0v) is 14.5. The first kappa shape index (κ1) is 19.1. The average molecular weight is 357 g/mol.